The van der Waals surface area contributed by atoms with Crippen LogP contribution in [0.5, 0.6) is 0 Å². The fourth-order valence-electron chi connectivity index (χ4n) is 1.32. The largest absolute Gasteiger partial charge is 0.321 e. The first-order valence-corrected chi connectivity index (χ1v) is 6.31. The van der Waals surface area contributed by atoms with Crippen LogP contribution in [-0.4, -0.2) is 23.0 Å². The van der Waals surface area contributed by atoms with Crippen LogP contribution in [0.3, 0.4) is 0 Å². The number of nitrogens with two attached hydrogens (primary N) is 1. The smallest absolute Gasteiger partial charge is 0.107 e. The summed E-state index contributed by atoms with van der Waals surface area (Å²) < 4.78 is 0. The summed E-state index contributed by atoms with van der Waals surface area (Å²) in [5, 5.41) is 3.23. The van der Waals surface area contributed by atoms with Crippen molar-refractivity contribution in [2.24, 2.45) is 5.73 Å². The minimum Gasteiger partial charge on any atom is -0.321 e. The van der Waals surface area contributed by atoms with Crippen molar-refractivity contribution in [1.82, 2.24) is 9.88 Å². The van der Waals surface area contributed by atoms with E-state index >= 15 is 0 Å². The average Bonchev–Trinajstić information content (AvgIpc) is 2.61. The van der Waals surface area contributed by atoms with Gasteiger partial charge in [-0.05, 0) is 26.9 Å². The van der Waals surface area contributed by atoms with Crippen LogP contribution in [0.25, 0.3) is 0 Å². The van der Waals surface area contributed by atoms with Crippen molar-refractivity contribution in [1.29, 1.82) is 0 Å². The van der Waals surface area contributed by atoms with Gasteiger partial charge < -0.3 is 5.73 Å². The molecule has 0 saturated carbocycles. The highest BCUT2D eigenvalue weighted by molar-refractivity contribution is 7.09. The van der Waals surface area contributed by atoms with Crippen LogP contribution >= 0.6 is 11.3 Å². The Bertz CT molecular complexity index is 297. The van der Waals surface area contributed by atoms with Crippen LogP contribution in [0.2, 0.25) is 0 Å². The summed E-state index contributed by atoms with van der Waals surface area (Å²) in [6.07, 6.45) is 0. The highest BCUT2D eigenvalue weighted by Crippen LogP contribution is 2.20. The van der Waals surface area contributed by atoms with Gasteiger partial charge in [0.05, 0.1) is 17.8 Å². The number of thiazole rings is 1. The second-order valence-corrected chi connectivity index (χ2v) is 5.25. The summed E-state index contributed by atoms with van der Waals surface area (Å²) in [5.74, 6) is 0. The lowest BCUT2D eigenvalue weighted by Crippen LogP contribution is -2.29. The van der Waals surface area contributed by atoms with E-state index in [-0.39, 0.29) is 5.54 Å². The summed E-state index contributed by atoms with van der Waals surface area (Å²) >= 11 is 1.70. The van der Waals surface area contributed by atoms with E-state index in [1.807, 2.05) is 13.8 Å². The molecule has 0 aliphatic heterocycles. The van der Waals surface area contributed by atoms with Crippen LogP contribution < -0.4 is 5.73 Å². The molecule has 0 bridgehead atoms. The summed E-state index contributed by atoms with van der Waals surface area (Å²) in [7, 11) is 0. The maximum Gasteiger partial charge on any atom is 0.107 e. The van der Waals surface area contributed by atoms with Crippen LogP contribution in [0.4, 0.5) is 0 Å². The lowest BCUT2D eigenvalue weighted by Gasteiger charge is -2.17. The number of nitrogens with zero attached hydrogens (tertiary/aromatic N) is 2. The Balaban J connectivity index is 2.68. The standard InChI is InChI=1S/C11H21N3S/c1-5-14(6-2)7-10-13-9(8-15-10)11(3,4)12/h8H,5-7,12H2,1-4H3. The molecule has 86 valence electrons. The number of aromatic nitrogens is 1. The van der Waals surface area contributed by atoms with Crippen LogP contribution in [-0.2, 0) is 12.1 Å². The van der Waals surface area contributed by atoms with Gasteiger partial charge in [-0.25, -0.2) is 4.98 Å². The van der Waals surface area contributed by atoms with E-state index in [1.165, 1.54) is 0 Å². The second-order valence-electron chi connectivity index (χ2n) is 4.31. The Morgan fingerprint density at radius 2 is 2.00 bits per heavy atom. The van der Waals surface area contributed by atoms with Crippen molar-refractivity contribution in [2.75, 3.05) is 13.1 Å². The molecule has 0 saturated heterocycles. The maximum atomic E-state index is 6.00. The quantitative estimate of drug-likeness (QED) is 0.838. The summed E-state index contributed by atoms with van der Waals surface area (Å²) in [6, 6.07) is 0. The van der Waals surface area contributed by atoms with Gasteiger partial charge in [0.25, 0.3) is 0 Å². The number of hydrogen-bond donors (Lipinski definition) is 1. The van der Waals surface area contributed by atoms with Crippen LogP contribution in [0, 0.1) is 0 Å². The summed E-state index contributed by atoms with van der Waals surface area (Å²) in [5.41, 5.74) is 6.67. The van der Waals surface area contributed by atoms with Crippen LogP contribution in [0.15, 0.2) is 5.38 Å². The molecule has 0 fully saturated rings. The molecule has 4 heteroatoms. The molecule has 0 radical (unpaired) electrons. The first kappa shape index (κ1) is 12.6. The molecule has 0 atom stereocenters. The molecule has 0 aliphatic rings. The predicted molar refractivity (Wildman–Crippen MR) is 66.0 cm³/mol. The van der Waals surface area contributed by atoms with Crippen molar-refractivity contribution in [3.8, 4) is 0 Å². The summed E-state index contributed by atoms with van der Waals surface area (Å²) in [6.45, 7) is 11.4. The highest BCUT2D eigenvalue weighted by Gasteiger charge is 2.18. The molecule has 1 aromatic heterocycles. The SMILES string of the molecule is CCN(CC)Cc1nc(C(C)(C)N)cs1. The Morgan fingerprint density at radius 1 is 1.40 bits per heavy atom. The molecule has 0 aliphatic carbocycles. The van der Waals surface area contributed by atoms with Gasteiger partial charge in [-0.3, -0.25) is 4.90 Å². The minimum absolute atomic E-state index is 0.321. The molecule has 1 aromatic rings. The molecule has 15 heavy (non-hydrogen) atoms. The highest BCUT2D eigenvalue weighted by atomic mass is 32.1. The Morgan fingerprint density at radius 3 is 2.40 bits per heavy atom. The van der Waals surface area contributed by atoms with Gasteiger partial charge in [-0.15, -0.1) is 11.3 Å². The Kier molecular flexibility index (Phi) is 4.25. The van der Waals surface area contributed by atoms with Crippen LogP contribution in [0.1, 0.15) is 38.4 Å². The third kappa shape index (κ3) is 3.55. The van der Waals surface area contributed by atoms with E-state index in [4.69, 9.17) is 5.73 Å². The van der Waals surface area contributed by atoms with Crippen molar-refractivity contribution >= 4 is 11.3 Å². The van der Waals surface area contributed by atoms with Gasteiger partial charge >= 0.3 is 0 Å². The third-order valence-electron chi connectivity index (χ3n) is 2.47. The van der Waals surface area contributed by atoms with Gasteiger partial charge in [-0.1, -0.05) is 13.8 Å². The topological polar surface area (TPSA) is 42.2 Å². The first-order chi connectivity index (χ1) is 6.97. The van der Waals surface area contributed by atoms with Gasteiger partial charge in [0.1, 0.15) is 5.01 Å². The van der Waals surface area contributed by atoms with Gasteiger partial charge in [0, 0.05) is 5.38 Å². The van der Waals surface area contributed by atoms with Crippen molar-refractivity contribution < 1.29 is 0 Å². The van der Waals surface area contributed by atoms with E-state index < -0.39 is 0 Å². The second kappa shape index (κ2) is 5.05. The minimum atomic E-state index is -0.321. The molecular formula is C11H21N3S. The molecule has 3 nitrogen and oxygen atoms in total. The fraction of sp³-hybridized carbons (Fsp3) is 0.727. The average molecular weight is 227 g/mol. The van der Waals surface area contributed by atoms with Gasteiger partial charge in [0.2, 0.25) is 0 Å². The van der Waals surface area contributed by atoms with Gasteiger partial charge in [-0.2, -0.15) is 0 Å². The molecular weight excluding hydrogens is 206 g/mol. The van der Waals surface area contributed by atoms with Crippen molar-refractivity contribution in [3.05, 3.63) is 16.1 Å². The van der Waals surface area contributed by atoms with E-state index in [1.54, 1.807) is 11.3 Å². The molecule has 0 unspecified atom stereocenters. The number of hydrogen-bond acceptors (Lipinski definition) is 4. The third-order valence-corrected chi connectivity index (χ3v) is 3.30. The number of rotatable bonds is 5. The zero-order valence-electron chi connectivity index (χ0n) is 10.1. The first-order valence-electron chi connectivity index (χ1n) is 5.43. The maximum absolute atomic E-state index is 6.00. The molecule has 0 spiro atoms. The zero-order chi connectivity index (χ0) is 11.5. The van der Waals surface area contributed by atoms with E-state index in [9.17, 15) is 0 Å². The lowest BCUT2D eigenvalue weighted by molar-refractivity contribution is 0.295. The Labute approximate surface area is 96.3 Å². The summed E-state index contributed by atoms with van der Waals surface area (Å²) in [4.78, 5) is 6.92. The van der Waals surface area contributed by atoms with Gasteiger partial charge in [0.15, 0.2) is 0 Å². The predicted octanol–water partition coefficient (Wildman–Crippen LogP) is 2.18. The molecule has 2 N–H and O–H groups in total. The van der Waals surface area contributed by atoms with E-state index in [0.717, 1.165) is 30.3 Å². The lowest BCUT2D eigenvalue weighted by atomic mass is 10.0. The molecule has 0 aromatic carbocycles. The zero-order valence-corrected chi connectivity index (χ0v) is 10.9. The Hall–Kier alpha value is -0.450. The fourth-order valence-corrected chi connectivity index (χ4v) is 2.33. The van der Waals surface area contributed by atoms with E-state index in [0.29, 0.717) is 0 Å². The molecule has 1 heterocycles. The van der Waals surface area contributed by atoms with E-state index in [2.05, 4.69) is 29.1 Å². The van der Waals surface area contributed by atoms with Crippen molar-refractivity contribution in [2.45, 2.75) is 39.8 Å². The monoisotopic (exact) mass is 227 g/mol. The molecule has 0 amide bonds. The normalized spacial score (nSPS) is 12.4. The molecule has 1 rings (SSSR count). The van der Waals surface area contributed by atoms with Crippen molar-refractivity contribution in [3.63, 3.8) is 0 Å².